The Balaban J connectivity index is 1.55. The van der Waals surface area contributed by atoms with E-state index in [0.29, 0.717) is 31.1 Å². The Morgan fingerprint density at radius 1 is 1.35 bits per heavy atom. The molecule has 2 amide bonds. The van der Waals surface area contributed by atoms with Gasteiger partial charge in [0.15, 0.2) is 0 Å². The molecule has 0 spiro atoms. The normalized spacial score (nSPS) is 17.7. The van der Waals surface area contributed by atoms with Gasteiger partial charge in [0.2, 0.25) is 16.9 Å². The van der Waals surface area contributed by atoms with E-state index in [0.717, 1.165) is 23.5 Å². The summed E-state index contributed by atoms with van der Waals surface area (Å²) in [4.78, 5) is 26.6. The summed E-state index contributed by atoms with van der Waals surface area (Å²) < 4.78 is 0. The molecule has 138 valence electrons. The highest BCUT2D eigenvalue weighted by Crippen LogP contribution is 2.16. The maximum Gasteiger partial charge on any atom is 0.237 e. The minimum atomic E-state index is -0.243. The molecule has 0 saturated carbocycles. The van der Waals surface area contributed by atoms with Crippen LogP contribution in [0.2, 0.25) is 0 Å². The Kier molecular flexibility index (Phi) is 6.30. The van der Waals surface area contributed by atoms with Crippen LogP contribution in [0.4, 0.5) is 5.13 Å². The summed E-state index contributed by atoms with van der Waals surface area (Å²) in [6.07, 6.45) is 1.77. The second kappa shape index (κ2) is 8.86. The molecule has 2 heterocycles. The number of piperazine rings is 1. The highest BCUT2D eigenvalue weighted by Gasteiger charge is 2.29. The molecule has 8 heteroatoms. The summed E-state index contributed by atoms with van der Waals surface area (Å²) in [5, 5.41) is 15.1. The molecule has 2 aromatic rings. The predicted octanol–water partition coefficient (Wildman–Crippen LogP) is 1.47. The van der Waals surface area contributed by atoms with Gasteiger partial charge in [-0.25, -0.2) is 0 Å². The van der Waals surface area contributed by atoms with Crippen molar-refractivity contribution in [2.45, 2.75) is 32.2 Å². The third kappa shape index (κ3) is 4.86. The standard InChI is InChI=1S/C18H23N5O2S/c1-2-16-21-22-18(26-16)20-15(24)8-10-23-11-9-19-17(25)14(23)12-13-6-4-3-5-7-13/h3-7,14H,2,8-12H2,1H3,(H,19,25)(H,20,22,24)/t14-/m1/s1. The van der Waals surface area contributed by atoms with E-state index in [9.17, 15) is 9.59 Å². The van der Waals surface area contributed by atoms with Crippen LogP contribution in [0.3, 0.4) is 0 Å². The minimum absolute atomic E-state index is 0.0252. The summed E-state index contributed by atoms with van der Waals surface area (Å²) in [6.45, 7) is 3.90. The summed E-state index contributed by atoms with van der Waals surface area (Å²) in [5.41, 5.74) is 1.12. The van der Waals surface area contributed by atoms with Crippen LogP contribution < -0.4 is 10.6 Å². The Labute approximate surface area is 156 Å². The maximum atomic E-state index is 12.3. The first-order chi connectivity index (χ1) is 12.7. The van der Waals surface area contributed by atoms with Crippen molar-refractivity contribution in [2.75, 3.05) is 25.0 Å². The fourth-order valence-electron chi connectivity index (χ4n) is 2.96. The van der Waals surface area contributed by atoms with Crippen LogP contribution >= 0.6 is 11.3 Å². The Morgan fingerprint density at radius 2 is 2.15 bits per heavy atom. The number of nitrogens with one attached hydrogen (secondary N) is 2. The van der Waals surface area contributed by atoms with Gasteiger partial charge >= 0.3 is 0 Å². The minimum Gasteiger partial charge on any atom is -0.353 e. The number of anilines is 1. The van der Waals surface area contributed by atoms with Gasteiger partial charge in [-0.2, -0.15) is 0 Å². The average molecular weight is 373 g/mol. The molecule has 2 N–H and O–H groups in total. The van der Waals surface area contributed by atoms with Crippen molar-refractivity contribution < 1.29 is 9.59 Å². The van der Waals surface area contributed by atoms with Gasteiger partial charge in [-0.05, 0) is 18.4 Å². The number of rotatable bonds is 7. The van der Waals surface area contributed by atoms with Gasteiger partial charge in [0.1, 0.15) is 5.01 Å². The number of aryl methyl sites for hydroxylation is 1. The van der Waals surface area contributed by atoms with Crippen molar-refractivity contribution in [3.8, 4) is 0 Å². The molecular weight excluding hydrogens is 350 g/mol. The summed E-state index contributed by atoms with van der Waals surface area (Å²) >= 11 is 1.39. The van der Waals surface area contributed by atoms with Crippen molar-refractivity contribution >= 4 is 28.3 Å². The molecule has 1 saturated heterocycles. The van der Waals surface area contributed by atoms with Gasteiger partial charge in [-0.3, -0.25) is 14.5 Å². The van der Waals surface area contributed by atoms with E-state index in [1.54, 1.807) is 0 Å². The molecule has 1 aliphatic rings. The predicted molar refractivity (Wildman–Crippen MR) is 101 cm³/mol. The SMILES string of the molecule is CCc1nnc(NC(=O)CCN2CCNC(=O)[C@H]2Cc2ccccc2)s1. The van der Waals surface area contributed by atoms with E-state index in [1.165, 1.54) is 11.3 Å². The molecule has 0 aliphatic carbocycles. The molecule has 1 aromatic heterocycles. The van der Waals surface area contributed by atoms with Crippen molar-refractivity contribution in [3.05, 3.63) is 40.9 Å². The molecule has 1 aromatic carbocycles. The number of amides is 2. The zero-order valence-electron chi connectivity index (χ0n) is 14.8. The first-order valence-electron chi connectivity index (χ1n) is 8.83. The van der Waals surface area contributed by atoms with Crippen molar-refractivity contribution in [2.24, 2.45) is 0 Å². The fourth-order valence-corrected chi connectivity index (χ4v) is 3.66. The maximum absolute atomic E-state index is 12.3. The first kappa shape index (κ1) is 18.5. The second-order valence-corrected chi connectivity index (χ2v) is 7.25. The summed E-state index contributed by atoms with van der Waals surface area (Å²) in [6, 6.07) is 9.71. The Bertz CT molecular complexity index is 749. The van der Waals surface area contributed by atoms with E-state index in [2.05, 4.69) is 25.7 Å². The molecule has 26 heavy (non-hydrogen) atoms. The van der Waals surface area contributed by atoms with Crippen LogP contribution in [0.15, 0.2) is 30.3 Å². The highest BCUT2D eigenvalue weighted by molar-refractivity contribution is 7.15. The largest absolute Gasteiger partial charge is 0.353 e. The third-order valence-electron chi connectivity index (χ3n) is 4.36. The van der Waals surface area contributed by atoms with Gasteiger partial charge in [-0.1, -0.05) is 48.6 Å². The summed E-state index contributed by atoms with van der Waals surface area (Å²) in [5.74, 6) is -0.0783. The first-order valence-corrected chi connectivity index (χ1v) is 9.65. The smallest absolute Gasteiger partial charge is 0.237 e. The van der Waals surface area contributed by atoms with Gasteiger partial charge in [0.05, 0.1) is 6.04 Å². The monoisotopic (exact) mass is 373 g/mol. The van der Waals surface area contributed by atoms with Gasteiger partial charge in [0.25, 0.3) is 0 Å². The highest BCUT2D eigenvalue weighted by atomic mass is 32.1. The molecule has 0 radical (unpaired) electrons. The molecule has 1 atom stereocenters. The third-order valence-corrected chi connectivity index (χ3v) is 5.34. The fraction of sp³-hybridized carbons (Fsp3) is 0.444. The van der Waals surface area contributed by atoms with Crippen molar-refractivity contribution in [3.63, 3.8) is 0 Å². The van der Waals surface area contributed by atoms with E-state index in [4.69, 9.17) is 0 Å². The lowest BCUT2D eigenvalue weighted by atomic mass is 10.0. The number of carbonyl (C=O) groups excluding carboxylic acids is 2. The van der Waals surface area contributed by atoms with Crippen LogP contribution in [0.1, 0.15) is 23.9 Å². The van der Waals surface area contributed by atoms with Gasteiger partial charge < -0.3 is 10.6 Å². The van der Waals surface area contributed by atoms with Crippen LogP contribution in [-0.4, -0.2) is 52.6 Å². The second-order valence-electron chi connectivity index (χ2n) is 6.19. The molecular formula is C18H23N5O2S. The lowest BCUT2D eigenvalue weighted by Gasteiger charge is -2.35. The zero-order valence-corrected chi connectivity index (χ0v) is 15.6. The molecule has 0 bridgehead atoms. The molecule has 3 rings (SSSR count). The Hall–Kier alpha value is -2.32. The number of aromatic nitrogens is 2. The van der Waals surface area contributed by atoms with Crippen molar-refractivity contribution in [1.82, 2.24) is 20.4 Å². The summed E-state index contributed by atoms with van der Waals surface area (Å²) in [7, 11) is 0. The topological polar surface area (TPSA) is 87.2 Å². The number of nitrogens with zero attached hydrogens (tertiary/aromatic N) is 3. The van der Waals surface area contributed by atoms with Crippen LogP contribution in [0.25, 0.3) is 0 Å². The quantitative estimate of drug-likeness (QED) is 0.767. The lowest BCUT2D eigenvalue weighted by Crippen LogP contribution is -2.56. The van der Waals surface area contributed by atoms with E-state index >= 15 is 0 Å². The molecule has 1 aliphatic heterocycles. The number of carbonyl (C=O) groups is 2. The molecule has 7 nitrogen and oxygen atoms in total. The number of hydrogen-bond donors (Lipinski definition) is 2. The van der Waals surface area contributed by atoms with Crippen molar-refractivity contribution in [1.29, 1.82) is 0 Å². The van der Waals surface area contributed by atoms with E-state index in [-0.39, 0.29) is 17.9 Å². The molecule has 1 fully saturated rings. The van der Waals surface area contributed by atoms with Gasteiger partial charge in [0, 0.05) is 26.1 Å². The van der Waals surface area contributed by atoms with Crippen LogP contribution in [0.5, 0.6) is 0 Å². The van der Waals surface area contributed by atoms with E-state index in [1.807, 2.05) is 37.3 Å². The zero-order chi connectivity index (χ0) is 18.4. The Morgan fingerprint density at radius 3 is 2.88 bits per heavy atom. The number of hydrogen-bond acceptors (Lipinski definition) is 6. The van der Waals surface area contributed by atoms with E-state index < -0.39 is 0 Å². The van der Waals surface area contributed by atoms with Crippen LogP contribution in [-0.2, 0) is 22.4 Å². The van der Waals surface area contributed by atoms with Crippen LogP contribution in [0, 0.1) is 0 Å². The average Bonchev–Trinajstić information content (AvgIpc) is 3.10. The van der Waals surface area contributed by atoms with Gasteiger partial charge in [-0.15, -0.1) is 10.2 Å². The number of benzene rings is 1. The lowest BCUT2D eigenvalue weighted by molar-refractivity contribution is -0.129. The molecule has 0 unspecified atom stereocenters.